The molecule has 7 nitrogen and oxygen atoms in total. The second-order valence-corrected chi connectivity index (χ2v) is 4.27. The van der Waals surface area contributed by atoms with Crippen molar-refractivity contribution in [3.05, 3.63) is 29.8 Å². The van der Waals surface area contributed by atoms with E-state index in [0.29, 0.717) is 0 Å². The lowest BCUT2D eigenvalue weighted by Gasteiger charge is -1.95. The van der Waals surface area contributed by atoms with E-state index in [1.807, 2.05) is 12.3 Å². The highest BCUT2D eigenvalue weighted by Gasteiger charge is 2.06. The smallest absolute Gasteiger partial charge is 0.294 e. The Morgan fingerprint density at radius 1 is 1.38 bits per heavy atom. The maximum atomic E-state index is 10.5. The van der Waals surface area contributed by atoms with E-state index in [1.54, 1.807) is 12.1 Å². The number of benzene rings is 1. The second-order valence-electron chi connectivity index (χ2n) is 2.85. The molecular formula is C8H14N4O3S. The van der Waals surface area contributed by atoms with Crippen LogP contribution in [0.3, 0.4) is 0 Å². The maximum absolute atomic E-state index is 10.5. The van der Waals surface area contributed by atoms with Crippen molar-refractivity contribution >= 4 is 16.1 Å². The number of guanidine groups is 1. The summed E-state index contributed by atoms with van der Waals surface area (Å²) in [5, 5.41) is 6.28. The van der Waals surface area contributed by atoms with Crippen LogP contribution in [0.2, 0.25) is 0 Å². The van der Waals surface area contributed by atoms with Gasteiger partial charge in [0.25, 0.3) is 10.1 Å². The maximum Gasteiger partial charge on any atom is 0.294 e. The molecule has 16 heavy (non-hydrogen) atoms. The molecule has 0 aliphatic rings. The van der Waals surface area contributed by atoms with Gasteiger partial charge in [0, 0.05) is 0 Å². The Hall–Kier alpha value is -1.64. The quantitative estimate of drug-likeness (QED) is 0.150. The van der Waals surface area contributed by atoms with Crippen LogP contribution >= 0.6 is 0 Å². The summed E-state index contributed by atoms with van der Waals surface area (Å²) in [4.78, 5) is -0.0666. The Morgan fingerprint density at radius 3 is 2.00 bits per heavy atom. The fourth-order valence-electron chi connectivity index (χ4n) is 0.710. The van der Waals surface area contributed by atoms with Gasteiger partial charge in [-0.2, -0.15) is 8.42 Å². The third kappa shape index (κ3) is 5.96. The zero-order valence-corrected chi connectivity index (χ0v) is 9.45. The van der Waals surface area contributed by atoms with Gasteiger partial charge in [0.1, 0.15) is 0 Å². The van der Waals surface area contributed by atoms with Crippen LogP contribution in [0.25, 0.3) is 0 Å². The minimum atomic E-state index is -4.02. The number of aryl methyl sites for hydroxylation is 1. The highest BCUT2D eigenvalue weighted by molar-refractivity contribution is 7.85. The Morgan fingerprint density at radius 2 is 1.75 bits per heavy atom. The Bertz CT molecular complexity index is 441. The fourth-order valence-corrected chi connectivity index (χ4v) is 1.19. The van der Waals surface area contributed by atoms with Crippen molar-refractivity contribution in [2.75, 3.05) is 0 Å². The number of nitrogens with two attached hydrogens (primary N) is 2. The highest BCUT2D eigenvalue weighted by atomic mass is 32.2. The van der Waals surface area contributed by atoms with Gasteiger partial charge in [-0.3, -0.25) is 15.4 Å². The Kier molecular flexibility index (Phi) is 5.43. The molecule has 1 aromatic rings. The Balaban J connectivity index is 0.000000385. The van der Waals surface area contributed by atoms with Gasteiger partial charge in [0.2, 0.25) is 0 Å². The molecule has 1 rings (SSSR count). The summed E-state index contributed by atoms with van der Waals surface area (Å²) in [6, 6.07) is 5.99. The molecule has 0 bridgehead atoms. The summed E-state index contributed by atoms with van der Waals surface area (Å²) in [7, 11) is -4.02. The standard InChI is InChI=1S/C7H8O3S.CH6N4/c1-6-2-4-7(5-3-6)11(8,9)10;2-1(3)5-4/h2-5H,1H3,(H,8,9,10);4H2,(H4,2,3,5). The lowest BCUT2D eigenvalue weighted by atomic mass is 10.2. The van der Waals surface area contributed by atoms with Crippen molar-refractivity contribution in [1.29, 1.82) is 5.41 Å². The molecule has 0 aliphatic carbocycles. The molecule has 0 aromatic heterocycles. The number of nitrogens with one attached hydrogen (secondary N) is 2. The third-order valence-corrected chi connectivity index (χ3v) is 2.34. The molecule has 0 saturated heterocycles. The summed E-state index contributed by atoms with van der Waals surface area (Å²) in [5.74, 6) is 4.35. The van der Waals surface area contributed by atoms with E-state index in [4.69, 9.17) is 9.96 Å². The second kappa shape index (κ2) is 6.05. The predicted octanol–water partition coefficient (Wildman–Crippen LogP) is -0.415. The van der Waals surface area contributed by atoms with Gasteiger partial charge in [-0.05, 0) is 19.1 Å². The first-order valence-electron chi connectivity index (χ1n) is 4.12. The van der Waals surface area contributed by atoms with Crippen molar-refractivity contribution < 1.29 is 13.0 Å². The highest BCUT2D eigenvalue weighted by Crippen LogP contribution is 2.08. The van der Waals surface area contributed by atoms with Crippen LogP contribution in [0.4, 0.5) is 0 Å². The summed E-state index contributed by atoms with van der Waals surface area (Å²) < 4.78 is 29.6. The summed E-state index contributed by atoms with van der Waals surface area (Å²) in [5.41, 5.74) is 7.48. The SMILES string of the molecule is Cc1ccc(S(=O)(=O)O)cc1.N=C(N)NN. The van der Waals surface area contributed by atoms with Crippen LogP contribution in [-0.4, -0.2) is 18.9 Å². The van der Waals surface area contributed by atoms with Crippen LogP contribution in [0, 0.1) is 12.3 Å². The molecule has 0 atom stereocenters. The van der Waals surface area contributed by atoms with E-state index in [2.05, 4.69) is 11.6 Å². The van der Waals surface area contributed by atoms with Crippen LogP contribution < -0.4 is 17.0 Å². The van der Waals surface area contributed by atoms with Crippen LogP contribution in [0.15, 0.2) is 29.2 Å². The Labute approximate surface area is 93.7 Å². The summed E-state index contributed by atoms with van der Waals surface area (Å²) in [6.45, 7) is 1.84. The minimum Gasteiger partial charge on any atom is -0.369 e. The van der Waals surface area contributed by atoms with Crippen molar-refractivity contribution in [3.8, 4) is 0 Å². The van der Waals surface area contributed by atoms with Crippen molar-refractivity contribution in [2.24, 2.45) is 11.6 Å². The lowest BCUT2D eigenvalue weighted by Crippen LogP contribution is -2.35. The number of hydrogen-bond donors (Lipinski definition) is 5. The fraction of sp³-hybridized carbons (Fsp3) is 0.125. The molecule has 0 radical (unpaired) electrons. The van der Waals surface area contributed by atoms with Gasteiger partial charge in [-0.1, -0.05) is 17.7 Å². The van der Waals surface area contributed by atoms with Crippen molar-refractivity contribution in [3.63, 3.8) is 0 Å². The topological polar surface area (TPSA) is 142 Å². The average molecular weight is 246 g/mol. The zero-order valence-electron chi connectivity index (χ0n) is 8.64. The number of hydrazine groups is 1. The van der Waals surface area contributed by atoms with Gasteiger partial charge in [-0.15, -0.1) is 0 Å². The molecule has 8 heteroatoms. The lowest BCUT2D eigenvalue weighted by molar-refractivity contribution is 0.483. The van der Waals surface area contributed by atoms with E-state index in [1.165, 1.54) is 12.1 Å². The van der Waals surface area contributed by atoms with Gasteiger partial charge >= 0.3 is 0 Å². The number of rotatable bonds is 1. The molecule has 0 heterocycles. The first-order valence-corrected chi connectivity index (χ1v) is 5.56. The average Bonchev–Trinajstić information content (AvgIpc) is 2.18. The predicted molar refractivity (Wildman–Crippen MR) is 60.2 cm³/mol. The molecule has 0 saturated carbocycles. The van der Waals surface area contributed by atoms with Gasteiger partial charge in [-0.25, -0.2) is 5.84 Å². The summed E-state index contributed by atoms with van der Waals surface area (Å²) >= 11 is 0. The molecular weight excluding hydrogens is 232 g/mol. The number of hydrogen-bond acceptors (Lipinski definition) is 4. The largest absolute Gasteiger partial charge is 0.369 e. The van der Waals surface area contributed by atoms with Crippen LogP contribution in [0.5, 0.6) is 0 Å². The van der Waals surface area contributed by atoms with Crippen LogP contribution in [-0.2, 0) is 10.1 Å². The van der Waals surface area contributed by atoms with E-state index in [9.17, 15) is 8.42 Å². The summed E-state index contributed by atoms with van der Waals surface area (Å²) in [6.07, 6.45) is 0. The van der Waals surface area contributed by atoms with Crippen LogP contribution in [0.1, 0.15) is 5.56 Å². The van der Waals surface area contributed by atoms with Crippen molar-refractivity contribution in [1.82, 2.24) is 5.43 Å². The van der Waals surface area contributed by atoms with E-state index < -0.39 is 10.1 Å². The molecule has 0 amide bonds. The molecule has 1 aromatic carbocycles. The zero-order chi connectivity index (χ0) is 12.8. The van der Waals surface area contributed by atoms with Gasteiger partial charge < -0.3 is 5.73 Å². The first kappa shape index (κ1) is 14.4. The molecule has 0 unspecified atom stereocenters. The molecule has 0 spiro atoms. The molecule has 7 N–H and O–H groups in total. The monoisotopic (exact) mass is 246 g/mol. The van der Waals surface area contributed by atoms with Gasteiger partial charge in [0.15, 0.2) is 5.96 Å². The first-order chi connectivity index (χ1) is 7.27. The molecule has 90 valence electrons. The van der Waals surface area contributed by atoms with Gasteiger partial charge in [0.05, 0.1) is 4.90 Å². The molecule has 0 fully saturated rings. The molecule has 0 aliphatic heterocycles. The van der Waals surface area contributed by atoms with E-state index in [0.717, 1.165) is 5.56 Å². The van der Waals surface area contributed by atoms with Crippen molar-refractivity contribution in [2.45, 2.75) is 11.8 Å². The van der Waals surface area contributed by atoms with E-state index >= 15 is 0 Å². The van der Waals surface area contributed by atoms with E-state index in [-0.39, 0.29) is 10.9 Å². The normalized spacial score (nSPS) is 9.94. The minimum absolute atomic E-state index is 0.0666. The third-order valence-electron chi connectivity index (χ3n) is 1.47.